The molecular weight excluding hydrogens is 563 g/mol. The van der Waals surface area contributed by atoms with E-state index >= 15 is 0 Å². The Morgan fingerprint density at radius 1 is 0.733 bits per heavy atom. The first-order chi connectivity index (χ1) is 22.2. The molecule has 0 saturated carbocycles. The minimum Gasteiger partial charge on any atom is -0.358 e. The van der Waals surface area contributed by atoms with E-state index in [0.717, 1.165) is 25.7 Å². The highest BCUT2D eigenvalue weighted by Gasteiger charge is 2.30. The summed E-state index contributed by atoms with van der Waals surface area (Å²) in [5.41, 5.74) is 12.0. The lowest BCUT2D eigenvalue weighted by Crippen LogP contribution is -2.45. The highest BCUT2D eigenvalue weighted by molar-refractivity contribution is 7.11. The number of nitrogens with zero attached hydrogens (tertiary/aromatic N) is 1. The van der Waals surface area contributed by atoms with Crippen molar-refractivity contribution in [2.75, 3.05) is 4.90 Å². The van der Waals surface area contributed by atoms with Crippen molar-refractivity contribution in [3.05, 3.63) is 164 Å². The third-order valence-electron chi connectivity index (χ3n) is 9.53. The lowest BCUT2D eigenvalue weighted by atomic mass is 9.86. The Morgan fingerprint density at radius 3 is 2.18 bits per heavy atom. The summed E-state index contributed by atoms with van der Waals surface area (Å²) in [5, 5.41) is 1.47. The maximum Gasteiger partial charge on any atom is 0.0528 e. The van der Waals surface area contributed by atoms with E-state index in [1.165, 1.54) is 59.3 Å². The monoisotopic (exact) mass is 599 g/mol. The molecule has 8 rings (SSSR count). The predicted octanol–water partition coefficient (Wildman–Crippen LogP) is 9.46. The van der Waals surface area contributed by atoms with Crippen molar-refractivity contribution in [2.24, 2.45) is 0 Å². The molecule has 0 aliphatic heterocycles. The van der Waals surface area contributed by atoms with Gasteiger partial charge in [0, 0.05) is 15.1 Å². The van der Waals surface area contributed by atoms with Crippen molar-refractivity contribution in [3.63, 3.8) is 0 Å². The zero-order chi connectivity index (χ0) is 30.2. The fourth-order valence-electron chi connectivity index (χ4n) is 7.35. The van der Waals surface area contributed by atoms with E-state index in [0.29, 0.717) is 0 Å². The first kappa shape index (κ1) is 27.9. The van der Waals surface area contributed by atoms with Crippen LogP contribution in [0.1, 0.15) is 46.4 Å². The molecule has 220 valence electrons. The molecule has 3 aliphatic carbocycles. The maximum absolute atomic E-state index is 2.73. The second kappa shape index (κ2) is 12.0. The molecule has 0 N–H and O–H groups in total. The van der Waals surface area contributed by atoms with Crippen LogP contribution in [0.4, 0.5) is 5.69 Å². The Morgan fingerprint density at radius 2 is 1.44 bits per heavy atom. The molecule has 0 radical (unpaired) electrons. The SMILES string of the molecule is Cc1cc(N(C2C=c3c4c(sc3=CC2)C=CCC4)C2C=C(c3ccccc3)C=C(c3ccccc3)C2)ccc1-c1ccccc1. The summed E-state index contributed by atoms with van der Waals surface area (Å²) < 4.78 is 1.45. The van der Waals surface area contributed by atoms with Gasteiger partial charge in [0.1, 0.15) is 0 Å². The minimum absolute atomic E-state index is 0.202. The lowest BCUT2D eigenvalue weighted by molar-refractivity contribution is 0.645. The molecule has 1 nitrogen and oxygen atoms in total. The molecule has 0 saturated heterocycles. The lowest BCUT2D eigenvalue weighted by Gasteiger charge is -2.40. The van der Waals surface area contributed by atoms with Crippen molar-refractivity contribution in [1.82, 2.24) is 0 Å². The molecular formula is C43H37NS. The van der Waals surface area contributed by atoms with E-state index in [-0.39, 0.29) is 12.1 Å². The zero-order valence-electron chi connectivity index (χ0n) is 25.7. The van der Waals surface area contributed by atoms with E-state index < -0.39 is 0 Å². The van der Waals surface area contributed by atoms with Gasteiger partial charge in [0.15, 0.2) is 0 Å². The largest absolute Gasteiger partial charge is 0.358 e. The van der Waals surface area contributed by atoms with E-state index in [1.54, 1.807) is 5.56 Å². The van der Waals surface area contributed by atoms with E-state index in [1.807, 2.05) is 11.3 Å². The van der Waals surface area contributed by atoms with Crippen LogP contribution in [-0.4, -0.2) is 12.1 Å². The smallest absolute Gasteiger partial charge is 0.0528 e. The normalized spacial score (nSPS) is 18.5. The van der Waals surface area contributed by atoms with Crippen molar-refractivity contribution < 1.29 is 0 Å². The number of fused-ring (bicyclic) bond motifs is 3. The van der Waals surface area contributed by atoms with Crippen LogP contribution in [0, 0.1) is 6.92 Å². The van der Waals surface area contributed by atoms with Crippen molar-refractivity contribution in [3.8, 4) is 11.1 Å². The Bertz CT molecular complexity index is 2060. The molecule has 0 bridgehead atoms. The summed E-state index contributed by atoms with van der Waals surface area (Å²) in [6.07, 6.45) is 19.0. The van der Waals surface area contributed by atoms with Gasteiger partial charge in [-0.05, 0) is 101 Å². The highest BCUT2D eigenvalue weighted by atomic mass is 32.1. The molecule has 4 aromatic carbocycles. The van der Waals surface area contributed by atoms with Crippen LogP contribution in [0.3, 0.4) is 0 Å². The highest BCUT2D eigenvalue weighted by Crippen LogP contribution is 2.38. The molecule has 2 unspecified atom stereocenters. The summed E-state index contributed by atoms with van der Waals surface area (Å²) in [5.74, 6) is 0. The van der Waals surface area contributed by atoms with Crippen LogP contribution >= 0.6 is 11.3 Å². The van der Waals surface area contributed by atoms with Crippen LogP contribution in [0.15, 0.2) is 127 Å². The third-order valence-corrected chi connectivity index (χ3v) is 10.7. The number of allylic oxidation sites excluding steroid dienone is 3. The van der Waals surface area contributed by atoms with Crippen LogP contribution in [-0.2, 0) is 6.42 Å². The Labute approximate surface area is 270 Å². The fourth-order valence-corrected chi connectivity index (χ4v) is 8.57. The van der Waals surface area contributed by atoms with Gasteiger partial charge in [0.05, 0.1) is 12.1 Å². The first-order valence-corrected chi connectivity index (χ1v) is 17.0. The molecule has 2 atom stereocenters. The summed E-state index contributed by atoms with van der Waals surface area (Å²) >= 11 is 1.97. The summed E-state index contributed by atoms with van der Waals surface area (Å²) in [6, 6.07) is 40.2. The third kappa shape index (κ3) is 5.45. The van der Waals surface area contributed by atoms with Crippen molar-refractivity contribution >= 4 is 46.4 Å². The maximum atomic E-state index is 2.73. The van der Waals surface area contributed by atoms with Gasteiger partial charge in [0.2, 0.25) is 0 Å². The second-order valence-electron chi connectivity index (χ2n) is 12.4. The van der Waals surface area contributed by atoms with Gasteiger partial charge in [-0.2, -0.15) is 0 Å². The number of aryl methyl sites for hydroxylation is 1. The molecule has 1 heterocycles. The Balaban J connectivity index is 1.28. The van der Waals surface area contributed by atoms with E-state index in [9.17, 15) is 0 Å². The van der Waals surface area contributed by atoms with Crippen molar-refractivity contribution in [2.45, 2.75) is 44.7 Å². The number of thiophene rings is 1. The molecule has 2 heteroatoms. The molecule has 0 amide bonds. The van der Waals surface area contributed by atoms with Gasteiger partial charge in [-0.1, -0.05) is 127 Å². The second-order valence-corrected chi connectivity index (χ2v) is 13.5. The summed E-state index contributed by atoms with van der Waals surface area (Å²) in [6.45, 7) is 2.27. The van der Waals surface area contributed by atoms with E-state index in [4.69, 9.17) is 0 Å². The van der Waals surface area contributed by atoms with Crippen LogP contribution in [0.2, 0.25) is 0 Å². The van der Waals surface area contributed by atoms with Crippen LogP contribution in [0.5, 0.6) is 0 Å². The first-order valence-electron chi connectivity index (χ1n) is 16.2. The van der Waals surface area contributed by atoms with Gasteiger partial charge in [0.25, 0.3) is 0 Å². The topological polar surface area (TPSA) is 3.24 Å². The van der Waals surface area contributed by atoms with Gasteiger partial charge >= 0.3 is 0 Å². The van der Waals surface area contributed by atoms with E-state index in [2.05, 4.69) is 157 Å². The number of hydrogen-bond donors (Lipinski definition) is 0. The fraction of sp³-hybridized carbons (Fsp3) is 0.163. The van der Waals surface area contributed by atoms with Gasteiger partial charge in [-0.25, -0.2) is 0 Å². The molecule has 0 fully saturated rings. The molecule has 3 aliphatic rings. The molecule has 5 aromatic rings. The van der Waals surface area contributed by atoms with Gasteiger partial charge in [-0.15, -0.1) is 11.3 Å². The summed E-state index contributed by atoms with van der Waals surface area (Å²) in [4.78, 5) is 4.18. The standard InChI is InChI=1S/C43H37NS/c1-30-25-36(21-23-39(30)33-17-9-4-10-18-33)44(37-22-24-43-41(29-37)40-19-11-12-20-42(40)45-43)38-27-34(31-13-5-2-6-14-31)26-35(28-38)32-15-7-3-8-16-32/h2-10,12-18,20-21,23-27,29,37-38H,11,19,22,28H2,1H3. The molecule has 1 aromatic heterocycles. The van der Waals surface area contributed by atoms with Gasteiger partial charge < -0.3 is 4.90 Å². The van der Waals surface area contributed by atoms with Crippen molar-refractivity contribution in [1.29, 1.82) is 0 Å². The zero-order valence-corrected chi connectivity index (χ0v) is 26.5. The van der Waals surface area contributed by atoms with Crippen LogP contribution < -0.4 is 14.7 Å². The number of hydrogen-bond acceptors (Lipinski definition) is 2. The quantitative estimate of drug-likeness (QED) is 0.188. The number of benzene rings is 4. The van der Waals surface area contributed by atoms with Gasteiger partial charge in [-0.3, -0.25) is 0 Å². The average Bonchev–Trinajstić information content (AvgIpc) is 3.48. The Hall–Kier alpha value is -4.66. The number of rotatable bonds is 6. The Kier molecular flexibility index (Phi) is 7.45. The molecule has 45 heavy (non-hydrogen) atoms. The predicted molar refractivity (Wildman–Crippen MR) is 195 cm³/mol. The molecule has 0 spiro atoms. The summed E-state index contributed by atoms with van der Waals surface area (Å²) in [7, 11) is 0. The minimum atomic E-state index is 0.202. The van der Waals surface area contributed by atoms with Crippen LogP contribution in [0.25, 0.3) is 40.5 Å². The number of anilines is 1. The average molecular weight is 600 g/mol.